The highest BCUT2D eigenvalue weighted by Crippen LogP contribution is 2.20. The van der Waals surface area contributed by atoms with Crippen molar-refractivity contribution >= 4 is 23.5 Å². The topological polar surface area (TPSA) is 49.3 Å². The highest BCUT2D eigenvalue weighted by atomic mass is 35.5. The van der Waals surface area contributed by atoms with Crippen molar-refractivity contribution in [2.45, 2.75) is 0 Å². The van der Waals surface area contributed by atoms with Crippen LogP contribution < -0.4 is 4.90 Å². The normalized spacial score (nSPS) is 15.0. The van der Waals surface area contributed by atoms with E-state index in [1.165, 1.54) is 12.1 Å². The molecule has 2 aromatic rings. The van der Waals surface area contributed by atoms with Crippen LogP contribution >= 0.6 is 11.6 Å². The molecule has 1 aliphatic heterocycles. The van der Waals surface area contributed by atoms with Crippen molar-refractivity contribution in [1.29, 1.82) is 0 Å². The lowest BCUT2D eigenvalue weighted by Crippen LogP contribution is -2.49. The monoisotopic (exact) mass is 320 g/mol. The second-order valence-electron chi connectivity index (χ2n) is 4.95. The molecule has 7 heteroatoms. The first-order valence-electron chi connectivity index (χ1n) is 6.91. The van der Waals surface area contributed by atoms with E-state index in [0.29, 0.717) is 37.7 Å². The third kappa shape index (κ3) is 3.01. The Labute approximate surface area is 132 Å². The molecule has 1 fully saturated rings. The number of anilines is 1. The Kier molecular flexibility index (Phi) is 4.20. The molecular formula is C15H14ClFN4O. The third-order valence-electron chi connectivity index (χ3n) is 3.56. The number of hydrogen-bond donors (Lipinski definition) is 0. The lowest BCUT2D eigenvalue weighted by atomic mass is 10.1. The zero-order valence-electron chi connectivity index (χ0n) is 11.7. The van der Waals surface area contributed by atoms with E-state index in [2.05, 4.69) is 9.97 Å². The molecule has 0 saturated carbocycles. The predicted molar refractivity (Wildman–Crippen MR) is 81.6 cm³/mol. The number of nitrogens with zero attached hydrogens (tertiary/aromatic N) is 4. The average molecular weight is 321 g/mol. The number of carbonyl (C=O) groups excluding carboxylic acids is 1. The van der Waals surface area contributed by atoms with Gasteiger partial charge in [-0.05, 0) is 24.3 Å². The Balaban J connectivity index is 1.67. The van der Waals surface area contributed by atoms with Crippen LogP contribution in [-0.4, -0.2) is 47.0 Å². The number of piperazine rings is 1. The molecule has 1 aliphatic rings. The predicted octanol–water partition coefficient (Wildman–Crippen LogP) is 2.23. The second-order valence-corrected chi connectivity index (χ2v) is 5.36. The number of hydrogen-bond acceptors (Lipinski definition) is 4. The summed E-state index contributed by atoms with van der Waals surface area (Å²) in [5, 5.41) is 0.138. The molecule has 0 unspecified atom stereocenters. The Morgan fingerprint density at radius 1 is 1.14 bits per heavy atom. The van der Waals surface area contributed by atoms with E-state index in [9.17, 15) is 9.18 Å². The van der Waals surface area contributed by atoms with Gasteiger partial charge in [-0.1, -0.05) is 11.6 Å². The highest BCUT2D eigenvalue weighted by molar-refractivity contribution is 6.33. The summed E-state index contributed by atoms with van der Waals surface area (Å²) in [5.74, 6) is 0.0284. The van der Waals surface area contributed by atoms with Gasteiger partial charge < -0.3 is 9.80 Å². The molecule has 0 atom stereocenters. The van der Waals surface area contributed by atoms with Crippen LogP contribution in [0.4, 0.5) is 10.3 Å². The van der Waals surface area contributed by atoms with Gasteiger partial charge in [0.1, 0.15) is 5.82 Å². The summed E-state index contributed by atoms with van der Waals surface area (Å²) in [6.45, 7) is 2.39. The standard InChI is InChI=1S/C15H14ClFN4O/c16-13-10-11(17)2-3-12(13)14(22)20-6-8-21(9-7-20)15-18-4-1-5-19-15/h1-5,10H,6-9H2. The summed E-state index contributed by atoms with van der Waals surface area (Å²) in [7, 11) is 0. The van der Waals surface area contributed by atoms with E-state index in [0.717, 1.165) is 6.07 Å². The van der Waals surface area contributed by atoms with Gasteiger partial charge in [0.25, 0.3) is 5.91 Å². The lowest BCUT2D eigenvalue weighted by molar-refractivity contribution is 0.0746. The number of aromatic nitrogens is 2. The molecule has 1 aromatic heterocycles. The zero-order chi connectivity index (χ0) is 15.5. The van der Waals surface area contributed by atoms with Crippen molar-refractivity contribution in [3.8, 4) is 0 Å². The molecule has 0 bridgehead atoms. The van der Waals surface area contributed by atoms with Gasteiger partial charge >= 0.3 is 0 Å². The van der Waals surface area contributed by atoms with Crippen LogP contribution in [0.2, 0.25) is 5.02 Å². The summed E-state index contributed by atoms with van der Waals surface area (Å²) >= 11 is 5.95. The van der Waals surface area contributed by atoms with Gasteiger partial charge in [0, 0.05) is 38.6 Å². The van der Waals surface area contributed by atoms with Gasteiger partial charge in [-0.2, -0.15) is 0 Å². The fourth-order valence-electron chi connectivity index (χ4n) is 2.40. The molecule has 1 saturated heterocycles. The van der Waals surface area contributed by atoms with Crippen LogP contribution in [0.5, 0.6) is 0 Å². The van der Waals surface area contributed by atoms with Crippen LogP contribution in [0.3, 0.4) is 0 Å². The maximum absolute atomic E-state index is 13.1. The number of carbonyl (C=O) groups is 1. The summed E-state index contributed by atoms with van der Waals surface area (Å²) < 4.78 is 13.1. The molecular weight excluding hydrogens is 307 g/mol. The molecule has 0 N–H and O–H groups in total. The van der Waals surface area contributed by atoms with Gasteiger partial charge in [-0.3, -0.25) is 4.79 Å². The van der Waals surface area contributed by atoms with E-state index < -0.39 is 5.82 Å². The van der Waals surface area contributed by atoms with E-state index in [1.807, 2.05) is 4.90 Å². The van der Waals surface area contributed by atoms with Gasteiger partial charge in [0.2, 0.25) is 5.95 Å². The largest absolute Gasteiger partial charge is 0.337 e. The molecule has 22 heavy (non-hydrogen) atoms. The molecule has 0 aliphatic carbocycles. The van der Waals surface area contributed by atoms with Crippen LogP contribution in [0.25, 0.3) is 0 Å². The molecule has 114 valence electrons. The quantitative estimate of drug-likeness (QED) is 0.851. The van der Waals surface area contributed by atoms with Crippen molar-refractivity contribution in [3.63, 3.8) is 0 Å². The molecule has 1 amide bonds. The molecule has 0 radical (unpaired) electrons. The first-order chi connectivity index (χ1) is 10.6. The fraction of sp³-hybridized carbons (Fsp3) is 0.267. The number of amides is 1. The fourth-order valence-corrected chi connectivity index (χ4v) is 2.65. The number of benzene rings is 1. The first kappa shape index (κ1) is 14.7. The van der Waals surface area contributed by atoms with Crippen LogP contribution in [0, 0.1) is 5.82 Å². The lowest BCUT2D eigenvalue weighted by Gasteiger charge is -2.34. The molecule has 2 heterocycles. The van der Waals surface area contributed by atoms with Gasteiger partial charge in [-0.15, -0.1) is 0 Å². The Bertz CT molecular complexity index is 674. The summed E-state index contributed by atoms with van der Waals surface area (Å²) in [4.78, 5) is 24.6. The van der Waals surface area contributed by atoms with E-state index in [4.69, 9.17) is 11.6 Å². The summed E-state index contributed by atoms with van der Waals surface area (Å²) in [6.07, 6.45) is 3.39. The van der Waals surface area contributed by atoms with Gasteiger partial charge in [0.15, 0.2) is 0 Å². The minimum Gasteiger partial charge on any atom is -0.337 e. The van der Waals surface area contributed by atoms with E-state index in [-0.39, 0.29) is 10.9 Å². The summed E-state index contributed by atoms with van der Waals surface area (Å²) in [5.41, 5.74) is 0.326. The second kappa shape index (κ2) is 6.27. The van der Waals surface area contributed by atoms with Crippen LogP contribution in [0.1, 0.15) is 10.4 Å². The Morgan fingerprint density at radius 3 is 2.45 bits per heavy atom. The SMILES string of the molecule is O=C(c1ccc(F)cc1Cl)N1CCN(c2ncccn2)CC1. The van der Waals surface area contributed by atoms with E-state index in [1.54, 1.807) is 23.4 Å². The Morgan fingerprint density at radius 2 is 1.82 bits per heavy atom. The number of halogens is 2. The van der Waals surface area contributed by atoms with Gasteiger partial charge in [0.05, 0.1) is 10.6 Å². The van der Waals surface area contributed by atoms with Crippen molar-refractivity contribution in [2.75, 3.05) is 31.1 Å². The van der Waals surface area contributed by atoms with Crippen molar-refractivity contribution in [1.82, 2.24) is 14.9 Å². The Hall–Kier alpha value is -2.21. The highest BCUT2D eigenvalue weighted by Gasteiger charge is 2.24. The molecule has 0 spiro atoms. The minimum atomic E-state index is -0.451. The summed E-state index contributed by atoms with van der Waals surface area (Å²) in [6, 6.07) is 5.59. The van der Waals surface area contributed by atoms with Crippen LogP contribution in [-0.2, 0) is 0 Å². The molecule has 1 aromatic carbocycles. The third-order valence-corrected chi connectivity index (χ3v) is 3.88. The maximum Gasteiger partial charge on any atom is 0.255 e. The maximum atomic E-state index is 13.1. The van der Waals surface area contributed by atoms with Crippen molar-refractivity contribution < 1.29 is 9.18 Å². The van der Waals surface area contributed by atoms with Gasteiger partial charge in [-0.25, -0.2) is 14.4 Å². The smallest absolute Gasteiger partial charge is 0.255 e. The molecule has 5 nitrogen and oxygen atoms in total. The van der Waals surface area contributed by atoms with Crippen LogP contribution in [0.15, 0.2) is 36.7 Å². The molecule has 3 rings (SSSR count). The number of rotatable bonds is 2. The minimum absolute atomic E-state index is 0.138. The first-order valence-corrected chi connectivity index (χ1v) is 7.29. The van der Waals surface area contributed by atoms with Crippen molar-refractivity contribution in [2.24, 2.45) is 0 Å². The van der Waals surface area contributed by atoms with E-state index >= 15 is 0 Å². The zero-order valence-corrected chi connectivity index (χ0v) is 12.5. The average Bonchev–Trinajstić information content (AvgIpc) is 2.55. The van der Waals surface area contributed by atoms with Crippen molar-refractivity contribution in [3.05, 3.63) is 53.1 Å².